The molecule has 0 aromatic carbocycles. The number of nitrogens with one attached hydrogen (secondary N) is 1. The first-order valence-corrected chi connectivity index (χ1v) is 8.21. The molecule has 1 saturated heterocycles. The van der Waals surface area contributed by atoms with Crippen molar-refractivity contribution in [1.29, 1.82) is 0 Å². The van der Waals surface area contributed by atoms with Crippen LogP contribution in [-0.2, 0) is 16.0 Å². The summed E-state index contributed by atoms with van der Waals surface area (Å²) in [6.07, 6.45) is 3.09. The fraction of sp³-hybridized carbons (Fsp3) is 0.667. The average Bonchev–Trinajstić information content (AvgIpc) is 2.91. The minimum atomic E-state index is -0.455. The molecule has 0 bridgehead atoms. The Balaban J connectivity index is 2.16. The van der Waals surface area contributed by atoms with Gasteiger partial charge in [0.2, 0.25) is 11.8 Å². The van der Waals surface area contributed by atoms with Crippen LogP contribution >= 0.6 is 11.3 Å². The van der Waals surface area contributed by atoms with Gasteiger partial charge in [0.15, 0.2) is 0 Å². The number of hydrogen-bond donors (Lipinski definition) is 1. The van der Waals surface area contributed by atoms with Crippen LogP contribution in [0.5, 0.6) is 0 Å². The van der Waals surface area contributed by atoms with E-state index in [1.807, 2.05) is 33.1 Å². The molecule has 1 aliphatic heterocycles. The molecule has 0 radical (unpaired) electrons. The number of carbonyl (C=O) groups is 2. The van der Waals surface area contributed by atoms with Crippen LogP contribution in [-0.4, -0.2) is 40.3 Å². The number of rotatable bonds is 4. The van der Waals surface area contributed by atoms with Gasteiger partial charge < -0.3 is 10.2 Å². The van der Waals surface area contributed by atoms with E-state index in [2.05, 4.69) is 10.3 Å². The number of hydrogen-bond acceptors (Lipinski definition) is 4. The Morgan fingerprint density at radius 3 is 2.62 bits per heavy atom. The molecule has 21 heavy (non-hydrogen) atoms. The van der Waals surface area contributed by atoms with Gasteiger partial charge in [-0.1, -0.05) is 27.7 Å². The van der Waals surface area contributed by atoms with Gasteiger partial charge >= 0.3 is 0 Å². The predicted molar refractivity (Wildman–Crippen MR) is 83.0 cm³/mol. The fourth-order valence-corrected chi connectivity index (χ4v) is 3.22. The van der Waals surface area contributed by atoms with Crippen molar-refractivity contribution in [2.24, 2.45) is 5.41 Å². The zero-order chi connectivity index (χ0) is 15.6. The van der Waals surface area contributed by atoms with E-state index in [0.29, 0.717) is 19.4 Å². The van der Waals surface area contributed by atoms with Crippen LogP contribution in [0.2, 0.25) is 0 Å². The topological polar surface area (TPSA) is 62.3 Å². The molecule has 5 nitrogen and oxygen atoms in total. The largest absolute Gasteiger partial charge is 0.342 e. The molecule has 1 N–H and O–H groups in total. The van der Waals surface area contributed by atoms with Crippen molar-refractivity contribution in [3.63, 3.8) is 0 Å². The van der Waals surface area contributed by atoms with Gasteiger partial charge in [-0.25, -0.2) is 4.98 Å². The van der Waals surface area contributed by atoms with Crippen molar-refractivity contribution >= 4 is 23.2 Å². The van der Waals surface area contributed by atoms with Crippen LogP contribution in [0.1, 0.15) is 39.1 Å². The average molecular weight is 309 g/mol. The summed E-state index contributed by atoms with van der Waals surface area (Å²) < 4.78 is 0. The van der Waals surface area contributed by atoms with Crippen molar-refractivity contribution in [3.8, 4) is 0 Å². The number of amides is 2. The number of thiazole rings is 1. The maximum absolute atomic E-state index is 12.7. The molecule has 1 aliphatic rings. The Bertz CT molecular complexity index is 507. The minimum Gasteiger partial charge on any atom is -0.342 e. The minimum absolute atomic E-state index is 0.0190. The highest BCUT2D eigenvalue weighted by atomic mass is 32.1. The summed E-state index contributed by atoms with van der Waals surface area (Å²) in [5.41, 5.74) is -0.287. The van der Waals surface area contributed by atoms with Gasteiger partial charge in [0.05, 0.1) is 5.01 Å². The Hall–Kier alpha value is -1.43. The van der Waals surface area contributed by atoms with Gasteiger partial charge in [-0.2, -0.15) is 0 Å². The van der Waals surface area contributed by atoms with Gasteiger partial charge in [0, 0.05) is 24.5 Å². The lowest BCUT2D eigenvalue weighted by molar-refractivity contribution is -0.152. The van der Waals surface area contributed by atoms with Gasteiger partial charge in [-0.05, 0) is 11.8 Å². The van der Waals surface area contributed by atoms with E-state index >= 15 is 0 Å². The number of carbonyl (C=O) groups excluding carboxylic acids is 2. The molecule has 2 amide bonds. The summed E-state index contributed by atoms with van der Waals surface area (Å²) in [5, 5.41) is 5.81. The predicted octanol–water partition coefficient (Wildman–Crippen LogP) is 1.84. The number of aromatic nitrogens is 1. The third kappa shape index (κ3) is 3.43. The molecule has 2 atom stereocenters. The molecule has 0 aliphatic carbocycles. The third-order valence-electron chi connectivity index (χ3n) is 3.80. The van der Waals surface area contributed by atoms with E-state index in [0.717, 1.165) is 5.01 Å². The third-order valence-corrected chi connectivity index (χ3v) is 4.64. The second kappa shape index (κ2) is 6.13. The molecule has 1 aromatic rings. The molecular weight excluding hydrogens is 286 g/mol. The van der Waals surface area contributed by atoms with Gasteiger partial charge in [-0.3, -0.25) is 9.59 Å². The van der Waals surface area contributed by atoms with Crippen LogP contribution in [0.25, 0.3) is 0 Å². The Morgan fingerprint density at radius 2 is 2.10 bits per heavy atom. The second-order valence-electron chi connectivity index (χ2n) is 6.44. The first kappa shape index (κ1) is 15.9. The van der Waals surface area contributed by atoms with Crippen molar-refractivity contribution in [3.05, 3.63) is 16.6 Å². The highest BCUT2D eigenvalue weighted by Crippen LogP contribution is 2.26. The standard InChI is InChI=1S/C15H23N3O2S/c1-5-10-13(19)17-12(15(2,3)4)14(20)18(10)8-6-11-16-7-9-21-11/h7,9-10,12H,5-6,8H2,1-4H3,(H,17,19). The van der Waals surface area contributed by atoms with E-state index in [-0.39, 0.29) is 23.3 Å². The zero-order valence-electron chi connectivity index (χ0n) is 13.0. The summed E-state index contributed by atoms with van der Waals surface area (Å²) in [5.74, 6) is -0.0262. The molecule has 2 rings (SSSR count). The number of nitrogens with zero attached hydrogens (tertiary/aromatic N) is 2. The monoisotopic (exact) mass is 309 g/mol. The summed E-state index contributed by atoms with van der Waals surface area (Å²) in [4.78, 5) is 31.0. The van der Waals surface area contributed by atoms with E-state index in [1.165, 1.54) is 0 Å². The normalized spacial score (nSPS) is 23.3. The van der Waals surface area contributed by atoms with Crippen molar-refractivity contribution in [1.82, 2.24) is 15.2 Å². The molecule has 0 saturated carbocycles. The zero-order valence-corrected chi connectivity index (χ0v) is 13.9. The van der Waals surface area contributed by atoms with Crippen molar-refractivity contribution in [2.75, 3.05) is 6.54 Å². The van der Waals surface area contributed by atoms with Crippen LogP contribution in [0.4, 0.5) is 0 Å². The van der Waals surface area contributed by atoms with Gasteiger partial charge in [0.25, 0.3) is 0 Å². The lowest BCUT2D eigenvalue weighted by Crippen LogP contribution is -2.66. The van der Waals surface area contributed by atoms with Crippen LogP contribution in [0.3, 0.4) is 0 Å². The summed E-state index contributed by atoms with van der Waals surface area (Å²) in [6, 6.07) is -0.819. The maximum Gasteiger partial charge on any atom is 0.246 e. The molecule has 1 aromatic heterocycles. The van der Waals surface area contributed by atoms with Crippen molar-refractivity contribution < 1.29 is 9.59 Å². The van der Waals surface area contributed by atoms with Crippen molar-refractivity contribution in [2.45, 2.75) is 52.6 Å². The molecule has 2 heterocycles. The Morgan fingerprint density at radius 1 is 1.38 bits per heavy atom. The van der Waals surface area contributed by atoms with Crippen LogP contribution < -0.4 is 5.32 Å². The Kier molecular flexibility index (Phi) is 4.66. The molecular formula is C15H23N3O2S. The quantitative estimate of drug-likeness (QED) is 0.923. The molecule has 0 spiro atoms. The first-order chi connectivity index (χ1) is 9.84. The van der Waals surface area contributed by atoms with Gasteiger partial charge in [0.1, 0.15) is 12.1 Å². The highest BCUT2D eigenvalue weighted by Gasteiger charge is 2.44. The molecule has 2 unspecified atom stereocenters. The first-order valence-electron chi connectivity index (χ1n) is 7.33. The van der Waals surface area contributed by atoms with E-state index in [9.17, 15) is 9.59 Å². The fourth-order valence-electron chi connectivity index (χ4n) is 2.61. The van der Waals surface area contributed by atoms with E-state index < -0.39 is 6.04 Å². The summed E-state index contributed by atoms with van der Waals surface area (Å²) in [6.45, 7) is 8.40. The lowest BCUT2D eigenvalue weighted by Gasteiger charge is -2.43. The smallest absolute Gasteiger partial charge is 0.246 e. The molecule has 6 heteroatoms. The van der Waals surface area contributed by atoms with E-state index in [1.54, 1.807) is 22.4 Å². The second-order valence-corrected chi connectivity index (χ2v) is 7.42. The van der Waals surface area contributed by atoms with Crippen LogP contribution in [0, 0.1) is 5.41 Å². The van der Waals surface area contributed by atoms with E-state index in [4.69, 9.17) is 0 Å². The molecule has 116 valence electrons. The lowest BCUT2D eigenvalue weighted by atomic mass is 9.83. The van der Waals surface area contributed by atoms with Gasteiger partial charge in [-0.15, -0.1) is 11.3 Å². The summed E-state index contributed by atoms with van der Waals surface area (Å²) in [7, 11) is 0. The molecule has 1 fully saturated rings. The van der Waals surface area contributed by atoms with Crippen LogP contribution in [0.15, 0.2) is 11.6 Å². The Labute approximate surface area is 129 Å². The highest BCUT2D eigenvalue weighted by molar-refractivity contribution is 7.09. The summed E-state index contributed by atoms with van der Waals surface area (Å²) >= 11 is 1.58. The maximum atomic E-state index is 12.7. The SMILES string of the molecule is CCC1C(=O)NC(C(C)(C)C)C(=O)N1CCc1nccs1. The number of piperazine rings is 1.